The van der Waals surface area contributed by atoms with Crippen LogP contribution >= 0.6 is 15.9 Å². The molecule has 16 heavy (non-hydrogen) atoms. The van der Waals surface area contributed by atoms with E-state index in [2.05, 4.69) is 44.3 Å². The van der Waals surface area contributed by atoms with Gasteiger partial charge in [0.25, 0.3) is 0 Å². The highest BCUT2D eigenvalue weighted by Crippen LogP contribution is 2.38. The third-order valence-corrected chi connectivity index (χ3v) is 4.24. The fraction of sp³-hybridized carbons (Fsp3) is 0.385. The first-order chi connectivity index (χ1) is 7.84. The molecular weight excluding hydrogens is 264 g/mol. The number of hydrogen-bond acceptors (Lipinski definition) is 2. The van der Waals surface area contributed by atoms with E-state index in [-0.39, 0.29) is 0 Å². The van der Waals surface area contributed by atoms with E-state index in [9.17, 15) is 0 Å². The largest absolute Gasteiger partial charge is 0.158 e. The van der Waals surface area contributed by atoms with Gasteiger partial charge >= 0.3 is 0 Å². The van der Waals surface area contributed by atoms with E-state index in [1.54, 1.807) is 0 Å². The highest BCUT2D eigenvalue weighted by molar-refractivity contribution is 9.09. The molecule has 3 rings (SSSR count). The van der Waals surface area contributed by atoms with Gasteiger partial charge in [0.2, 0.25) is 0 Å². The molecule has 0 radical (unpaired) electrons. The monoisotopic (exact) mass is 276 g/mol. The van der Waals surface area contributed by atoms with Crippen molar-refractivity contribution in [3.05, 3.63) is 36.2 Å². The second-order valence-corrected chi connectivity index (χ2v) is 5.61. The Kier molecular flexibility index (Phi) is 2.64. The van der Waals surface area contributed by atoms with E-state index in [0.29, 0.717) is 4.83 Å². The number of fused-ring (bicyclic) bond motifs is 1. The zero-order chi connectivity index (χ0) is 11.0. The van der Waals surface area contributed by atoms with Gasteiger partial charge in [-0.3, -0.25) is 0 Å². The summed E-state index contributed by atoms with van der Waals surface area (Å²) in [5.41, 5.74) is 1.12. The van der Waals surface area contributed by atoms with Gasteiger partial charge < -0.3 is 0 Å². The van der Waals surface area contributed by atoms with Crippen molar-refractivity contribution >= 4 is 26.7 Å². The van der Waals surface area contributed by atoms with E-state index >= 15 is 0 Å². The van der Waals surface area contributed by atoms with Gasteiger partial charge in [-0.1, -0.05) is 40.2 Å². The number of rotatable bonds is 3. The van der Waals surface area contributed by atoms with Crippen LogP contribution in [-0.2, 0) is 6.42 Å². The Morgan fingerprint density at radius 2 is 2.12 bits per heavy atom. The van der Waals surface area contributed by atoms with Gasteiger partial charge in [0.15, 0.2) is 0 Å². The molecule has 1 atom stereocenters. The first-order valence-corrected chi connectivity index (χ1v) is 6.59. The molecule has 3 heteroatoms. The number of hydrogen-bond donors (Lipinski definition) is 0. The third kappa shape index (κ3) is 1.96. The molecule has 1 aromatic heterocycles. The van der Waals surface area contributed by atoms with Crippen LogP contribution in [0.5, 0.6) is 0 Å². The number of nitrogens with zero attached hydrogens (tertiary/aromatic N) is 2. The molecule has 0 spiro atoms. The standard InChI is InChI=1S/C13H13BrN2/c14-12(9-5-6-9)7-13-11-4-2-1-3-10(11)8-15-16-13/h1-4,8-9,12H,5-7H2. The van der Waals surface area contributed by atoms with Crippen molar-refractivity contribution in [1.29, 1.82) is 0 Å². The van der Waals surface area contributed by atoms with Gasteiger partial charge in [-0.2, -0.15) is 10.2 Å². The second-order valence-electron chi connectivity index (χ2n) is 4.44. The minimum atomic E-state index is 0.563. The normalized spacial score (nSPS) is 17.6. The Bertz CT molecular complexity index is 503. The van der Waals surface area contributed by atoms with Crippen LogP contribution in [0, 0.1) is 5.92 Å². The van der Waals surface area contributed by atoms with Crippen molar-refractivity contribution in [3.63, 3.8) is 0 Å². The molecule has 1 saturated carbocycles. The summed E-state index contributed by atoms with van der Waals surface area (Å²) in [6.07, 6.45) is 5.53. The molecule has 1 aliphatic rings. The summed E-state index contributed by atoms with van der Waals surface area (Å²) in [5, 5.41) is 10.8. The summed E-state index contributed by atoms with van der Waals surface area (Å²) in [6, 6.07) is 8.33. The zero-order valence-electron chi connectivity index (χ0n) is 8.94. The van der Waals surface area contributed by atoms with Crippen molar-refractivity contribution in [1.82, 2.24) is 10.2 Å². The molecule has 1 heterocycles. The first-order valence-electron chi connectivity index (χ1n) is 5.68. The molecule has 1 fully saturated rings. The minimum absolute atomic E-state index is 0.563. The Morgan fingerprint density at radius 3 is 2.94 bits per heavy atom. The number of aromatic nitrogens is 2. The Morgan fingerprint density at radius 1 is 1.31 bits per heavy atom. The SMILES string of the molecule is BrC(Cc1nncc2ccccc12)C1CC1. The summed E-state index contributed by atoms with van der Waals surface area (Å²) in [7, 11) is 0. The molecule has 1 unspecified atom stereocenters. The quantitative estimate of drug-likeness (QED) is 0.804. The lowest BCUT2D eigenvalue weighted by Gasteiger charge is -2.08. The highest BCUT2D eigenvalue weighted by Gasteiger charge is 2.29. The highest BCUT2D eigenvalue weighted by atomic mass is 79.9. The molecule has 0 amide bonds. The smallest absolute Gasteiger partial charge is 0.0720 e. The van der Waals surface area contributed by atoms with Crippen LogP contribution in [0.25, 0.3) is 10.8 Å². The van der Waals surface area contributed by atoms with E-state index in [4.69, 9.17) is 0 Å². The van der Waals surface area contributed by atoms with E-state index in [1.165, 1.54) is 23.6 Å². The Balaban J connectivity index is 1.95. The average molecular weight is 277 g/mol. The van der Waals surface area contributed by atoms with Crippen molar-refractivity contribution in [2.45, 2.75) is 24.1 Å². The predicted molar refractivity (Wildman–Crippen MR) is 68.7 cm³/mol. The van der Waals surface area contributed by atoms with Gasteiger partial charge in [0.05, 0.1) is 11.9 Å². The fourth-order valence-electron chi connectivity index (χ4n) is 2.05. The number of benzene rings is 1. The second kappa shape index (κ2) is 4.13. The molecule has 0 aliphatic heterocycles. The average Bonchev–Trinajstić information content (AvgIpc) is 3.13. The van der Waals surface area contributed by atoms with Gasteiger partial charge in [0.1, 0.15) is 0 Å². The van der Waals surface area contributed by atoms with Crippen LogP contribution in [-0.4, -0.2) is 15.0 Å². The van der Waals surface area contributed by atoms with Crippen LogP contribution in [0.4, 0.5) is 0 Å². The van der Waals surface area contributed by atoms with Crippen LogP contribution in [0.3, 0.4) is 0 Å². The fourth-order valence-corrected chi connectivity index (χ4v) is 2.88. The third-order valence-electron chi connectivity index (χ3n) is 3.17. The van der Waals surface area contributed by atoms with Gasteiger partial charge in [0, 0.05) is 22.0 Å². The lowest BCUT2D eigenvalue weighted by atomic mass is 10.1. The van der Waals surface area contributed by atoms with E-state index in [1.807, 2.05) is 12.3 Å². The maximum Gasteiger partial charge on any atom is 0.0720 e. The van der Waals surface area contributed by atoms with Gasteiger partial charge in [-0.15, -0.1) is 0 Å². The zero-order valence-corrected chi connectivity index (χ0v) is 10.5. The summed E-state index contributed by atoms with van der Waals surface area (Å²) in [6.45, 7) is 0. The first kappa shape index (κ1) is 10.2. The molecule has 1 aliphatic carbocycles. The van der Waals surface area contributed by atoms with Crippen LogP contribution in [0.1, 0.15) is 18.5 Å². The molecule has 0 N–H and O–H groups in total. The Hall–Kier alpha value is -0.960. The van der Waals surface area contributed by atoms with Crippen molar-refractivity contribution in [2.75, 3.05) is 0 Å². The summed E-state index contributed by atoms with van der Waals surface area (Å²) in [4.78, 5) is 0.563. The van der Waals surface area contributed by atoms with Crippen molar-refractivity contribution in [3.8, 4) is 0 Å². The van der Waals surface area contributed by atoms with Crippen LogP contribution < -0.4 is 0 Å². The van der Waals surface area contributed by atoms with Gasteiger partial charge in [-0.05, 0) is 18.8 Å². The van der Waals surface area contributed by atoms with Crippen molar-refractivity contribution in [2.24, 2.45) is 5.92 Å². The number of alkyl halides is 1. The van der Waals surface area contributed by atoms with Crippen molar-refractivity contribution < 1.29 is 0 Å². The summed E-state index contributed by atoms with van der Waals surface area (Å²) >= 11 is 3.76. The van der Waals surface area contributed by atoms with Crippen LogP contribution in [0.15, 0.2) is 30.5 Å². The lowest BCUT2D eigenvalue weighted by molar-refractivity contribution is 0.740. The molecule has 0 saturated heterocycles. The van der Waals surface area contributed by atoms with E-state index in [0.717, 1.165) is 18.0 Å². The van der Waals surface area contributed by atoms with E-state index < -0.39 is 0 Å². The predicted octanol–water partition coefficient (Wildman–Crippen LogP) is 3.35. The molecule has 1 aromatic carbocycles. The van der Waals surface area contributed by atoms with Gasteiger partial charge in [-0.25, -0.2) is 0 Å². The number of halogens is 1. The summed E-state index contributed by atoms with van der Waals surface area (Å²) < 4.78 is 0. The van der Waals surface area contributed by atoms with Crippen LogP contribution in [0.2, 0.25) is 0 Å². The topological polar surface area (TPSA) is 25.8 Å². The summed E-state index contributed by atoms with van der Waals surface area (Å²) in [5.74, 6) is 0.848. The maximum absolute atomic E-state index is 4.28. The maximum atomic E-state index is 4.28. The molecule has 2 nitrogen and oxygen atoms in total. The molecular formula is C13H13BrN2. The minimum Gasteiger partial charge on any atom is -0.158 e. The lowest BCUT2D eigenvalue weighted by Crippen LogP contribution is -2.07. The molecule has 0 bridgehead atoms. The molecule has 82 valence electrons. The molecule has 2 aromatic rings. The Labute approximate surface area is 103 Å².